The number of amides is 1. The summed E-state index contributed by atoms with van der Waals surface area (Å²) in [7, 11) is 0. The molecule has 1 saturated carbocycles. The van der Waals surface area contributed by atoms with Crippen LogP contribution in [0.25, 0.3) is 0 Å². The Labute approximate surface area is 168 Å². The van der Waals surface area contributed by atoms with Gasteiger partial charge in [0.15, 0.2) is 5.16 Å². The lowest BCUT2D eigenvalue weighted by atomic mass is 10.3. The second-order valence-electron chi connectivity index (χ2n) is 6.64. The highest BCUT2D eigenvalue weighted by Crippen LogP contribution is 2.31. The van der Waals surface area contributed by atoms with Gasteiger partial charge in [-0.05, 0) is 55.8 Å². The molecule has 1 aliphatic rings. The average molecular weight is 398 g/mol. The van der Waals surface area contributed by atoms with Gasteiger partial charge in [-0.3, -0.25) is 4.79 Å². The zero-order valence-electron chi connectivity index (χ0n) is 15.9. The number of aryl methyl sites for hydroxylation is 1. The van der Waals surface area contributed by atoms with Crippen molar-refractivity contribution in [2.45, 2.75) is 49.6 Å². The first-order valence-corrected chi connectivity index (χ1v) is 9.95. The lowest BCUT2D eigenvalue weighted by Gasteiger charge is -2.06. The summed E-state index contributed by atoms with van der Waals surface area (Å²) in [5.41, 5.74) is 7.06. The highest BCUT2D eigenvalue weighted by molar-refractivity contribution is 7.99. The lowest BCUT2D eigenvalue weighted by molar-refractivity contribution is -0.117. The maximum Gasteiger partial charge on any atom is 0.255 e. The van der Waals surface area contributed by atoms with Gasteiger partial charge in [-0.2, -0.15) is 15.0 Å². The Morgan fingerprint density at radius 1 is 1.29 bits per heavy atom. The first-order valence-electron chi connectivity index (χ1n) is 9.13. The number of carbonyl (C=O) groups excluding carboxylic acids is 1. The molecule has 0 unspecified atom stereocenters. The summed E-state index contributed by atoms with van der Waals surface area (Å²) in [6.45, 7) is 3.63. The second-order valence-corrected chi connectivity index (χ2v) is 7.68. The minimum absolute atomic E-state index is 0.0886. The molecule has 1 aromatic heterocycles. The van der Waals surface area contributed by atoms with Gasteiger partial charge in [-0.25, -0.2) is 4.98 Å². The smallest absolute Gasteiger partial charge is 0.255 e. The van der Waals surface area contributed by atoms with Crippen molar-refractivity contribution < 1.29 is 4.79 Å². The van der Waals surface area contributed by atoms with E-state index >= 15 is 0 Å². The van der Waals surface area contributed by atoms with Gasteiger partial charge in [-0.15, -0.1) is 0 Å². The number of amidine groups is 1. The van der Waals surface area contributed by atoms with E-state index < -0.39 is 0 Å². The fraction of sp³-hybridized carbons (Fsp3) is 0.368. The Morgan fingerprint density at radius 3 is 2.61 bits per heavy atom. The average Bonchev–Trinajstić information content (AvgIpc) is 3.47. The summed E-state index contributed by atoms with van der Waals surface area (Å²) in [5.74, 6) is 1.44. The van der Waals surface area contributed by atoms with Crippen molar-refractivity contribution in [2.75, 3.05) is 5.32 Å². The molecule has 2 aromatic rings. The molecule has 0 radical (unpaired) electrons. The summed E-state index contributed by atoms with van der Waals surface area (Å²) in [4.78, 5) is 30.1. The van der Waals surface area contributed by atoms with E-state index in [-0.39, 0.29) is 24.2 Å². The van der Waals surface area contributed by atoms with Gasteiger partial charge in [-0.1, -0.05) is 6.92 Å². The topological polar surface area (TPSA) is 130 Å². The molecule has 1 amide bonds. The van der Waals surface area contributed by atoms with Crippen molar-refractivity contribution in [2.24, 2.45) is 16.6 Å². The Hall–Kier alpha value is -2.81. The standard InChI is InChI=1S/C19H23N7OS/c1-3-16-24-18(23-15(21)10-11(2)20)26-19(25-16)28-14-8-6-13(7-9-14)22-17(27)12-4-5-12/h6-9,12,20H,3-5,10H2,1-2H3,(H,22,27)(H2,21,23,24,25,26). The van der Waals surface area contributed by atoms with Crippen LogP contribution in [0.2, 0.25) is 0 Å². The predicted octanol–water partition coefficient (Wildman–Crippen LogP) is 3.35. The van der Waals surface area contributed by atoms with E-state index in [1.807, 2.05) is 31.2 Å². The largest absolute Gasteiger partial charge is 0.387 e. The number of anilines is 1. The van der Waals surface area contributed by atoms with Crippen molar-refractivity contribution in [3.8, 4) is 0 Å². The maximum absolute atomic E-state index is 11.8. The molecular formula is C19H23N7OS. The molecule has 0 aliphatic heterocycles. The Morgan fingerprint density at radius 2 is 2.00 bits per heavy atom. The summed E-state index contributed by atoms with van der Waals surface area (Å²) < 4.78 is 0. The Bertz CT molecular complexity index is 907. The van der Waals surface area contributed by atoms with Crippen LogP contribution in [0.3, 0.4) is 0 Å². The van der Waals surface area contributed by atoms with Gasteiger partial charge in [0.2, 0.25) is 5.91 Å². The molecule has 0 bridgehead atoms. The van der Waals surface area contributed by atoms with Gasteiger partial charge < -0.3 is 16.5 Å². The zero-order valence-corrected chi connectivity index (χ0v) is 16.7. The minimum Gasteiger partial charge on any atom is -0.387 e. The molecule has 0 spiro atoms. The van der Waals surface area contributed by atoms with Gasteiger partial charge >= 0.3 is 0 Å². The van der Waals surface area contributed by atoms with Crippen molar-refractivity contribution in [1.82, 2.24) is 15.0 Å². The number of nitrogens with one attached hydrogen (secondary N) is 2. The number of nitrogens with zero attached hydrogens (tertiary/aromatic N) is 4. The molecule has 0 saturated heterocycles. The van der Waals surface area contributed by atoms with E-state index in [0.717, 1.165) is 23.4 Å². The molecule has 3 rings (SSSR count). The van der Waals surface area contributed by atoms with Crippen LogP contribution in [0, 0.1) is 11.3 Å². The molecule has 9 heteroatoms. The number of nitrogens with two attached hydrogens (primary N) is 1. The zero-order chi connectivity index (χ0) is 20.1. The van der Waals surface area contributed by atoms with Crippen molar-refractivity contribution in [3.05, 3.63) is 30.1 Å². The molecule has 4 N–H and O–H groups in total. The van der Waals surface area contributed by atoms with Crippen LogP contribution in [0.1, 0.15) is 38.9 Å². The van der Waals surface area contributed by atoms with Crippen LogP contribution in [0.15, 0.2) is 39.3 Å². The monoisotopic (exact) mass is 397 g/mol. The molecule has 1 aromatic carbocycles. The molecule has 1 fully saturated rings. The fourth-order valence-corrected chi connectivity index (χ4v) is 3.14. The van der Waals surface area contributed by atoms with E-state index in [1.54, 1.807) is 6.92 Å². The first kappa shape index (κ1) is 19.9. The summed E-state index contributed by atoms with van der Waals surface area (Å²) in [5, 5.41) is 11.0. The minimum atomic E-state index is 0.0886. The fourth-order valence-electron chi connectivity index (χ4n) is 2.38. The molecule has 8 nitrogen and oxygen atoms in total. The van der Waals surface area contributed by atoms with E-state index in [2.05, 4.69) is 25.3 Å². The van der Waals surface area contributed by atoms with E-state index in [0.29, 0.717) is 28.9 Å². The number of benzene rings is 1. The van der Waals surface area contributed by atoms with Crippen LogP contribution in [-0.2, 0) is 11.2 Å². The molecule has 28 heavy (non-hydrogen) atoms. The molecular weight excluding hydrogens is 374 g/mol. The summed E-state index contributed by atoms with van der Waals surface area (Å²) in [6, 6.07) is 7.57. The number of hydrogen-bond acceptors (Lipinski definition) is 7. The first-order chi connectivity index (χ1) is 13.4. The van der Waals surface area contributed by atoms with Gasteiger partial charge in [0.05, 0.1) is 0 Å². The Kier molecular flexibility index (Phi) is 6.35. The normalized spacial score (nSPS) is 14.0. The maximum atomic E-state index is 11.8. The SMILES string of the molecule is CCc1nc(N=C(N)CC(C)=N)nc(Sc2ccc(NC(=O)C3CC3)cc2)n1. The number of rotatable bonds is 8. The van der Waals surface area contributed by atoms with Crippen LogP contribution < -0.4 is 11.1 Å². The second kappa shape index (κ2) is 8.92. The third-order valence-corrected chi connectivity index (χ3v) is 4.81. The molecule has 146 valence electrons. The highest BCUT2D eigenvalue weighted by Gasteiger charge is 2.29. The van der Waals surface area contributed by atoms with Gasteiger partial charge in [0.25, 0.3) is 5.95 Å². The lowest BCUT2D eigenvalue weighted by Crippen LogP contribution is -2.15. The van der Waals surface area contributed by atoms with Crippen LogP contribution in [0.4, 0.5) is 11.6 Å². The van der Waals surface area contributed by atoms with Crippen LogP contribution >= 0.6 is 11.8 Å². The van der Waals surface area contributed by atoms with Crippen LogP contribution in [-0.4, -0.2) is 32.4 Å². The van der Waals surface area contributed by atoms with E-state index in [4.69, 9.17) is 11.1 Å². The number of hydrogen-bond donors (Lipinski definition) is 3. The van der Waals surface area contributed by atoms with Crippen LogP contribution in [0.5, 0.6) is 0 Å². The van der Waals surface area contributed by atoms with E-state index in [1.165, 1.54) is 11.8 Å². The Balaban J connectivity index is 1.72. The predicted molar refractivity (Wildman–Crippen MR) is 110 cm³/mol. The van der Waals surface area contributed by atoms with E-state index in [9.17, 15) is 4.79 Å². The third-order valence-electron chi connectivity index (χ3n) is 3.93. The van der Waals surface area contributed by atoms with Crippen molar-refractivity contribution in [1.29, 1.82) is 5.41 Å². The molecule has 0 atom stereocenters. The van der Waals surface area contributed by atoms with Gasteiger partial charge in [0, 0.05) is 35.1 Å². The number of aromatic nitrogens is 3. The summed E-state index contributed by atoms with van der Waals surface area (Å²) >= 11 is 1.39. The summed E-state index contributed by atoms with van der Waals surface area (Å²) in [6.07, 6.45) is 2.89. The highest BCUT2D eigenvalue weighted by atomic mass is 32.2. The van der Waals surface area contributed by atoms with Crippen molar-refractivity contribution in [3.63, 3.8) is 0 Å². The quantitative estimate of drug-likeness (QED) is 0.462. The molecule has 1 heterocycles. The van der Waals surface area contributed by atoms with Gasteiger partial charge in [0.1, 0.15) is 11.7 Å². The number of carbonyl (C=O) groups is 1. The molecule has 1 aliphatic carbocycles. The number of aliphatic imine (C=N–C) groups is 1. The third kappa shape index (κ3) is 5.85. The van der Waals surface area contributed by atoms with Crippen molar-refractivity contribution >= 4 is 40.9 Å².